The predicted octanol–water partition coefficient (Wildman–Crippen LogP) is 3.67. The quantitative estimate of drug-likeness (QED) is 0.529. The number of aliphatic hydroxyl groups is 2. The van der Waals surface area contributed by atoms with Gasteiger partial charge in [0.1, 0.15) is 18.0 Å². The van der Waals surface area contributed by atoms with Crippen LogP contribution in [0.15, 0.2) is 84.9 Å². The summed E-state index contributed by atoms with van der Waals surface area (Å²) in [6, 6.07) is 27.6. The minimum Gasteiger partial charge on any atom is -0.497 e. The molecule has 0 spiro atoms. The van der Waals surface area contributed by atoms with Gasteiger partial charge in [-0.1, -0.05) is 93.6 Å². The topological polar surface area (TPSA) is 58.9 Å². The van der Waals surface area contributed by atoms with E-state index in [0.29, 0.717) is 11.3 Å². The lowest BCUT2D eigenvalue weighted by Gasteiger charge is -2.43. The van der Waals surface area contributed by atoms with Crippen LogP contribution in [0.5, 0.6) is 5.75 Å². The van der Waals surface area contributed by atoms with Gasteiger partial charge in [0, 0.05) is 0 Å². The minimum absolute atomic E-state index is 0.0283. The Hall–Kier alpha value is -2.44. The molecule has 5 heteroatoms. The molecule has 0 radical (unpaired) electrons. The first-order valence-corrected chi connectivity index (χ1v) is 12.5. The van der Waals surface area contributed by atoms with Crippen molar-refractivity contribution in [1.82, 2.24) is 0 Å². The van der Waals surface area contributed by atoms with Crippen molar-refractivity contribution in [1.29, 1.82) is 0 Å². The Kier molecular flexibility index (Phi) is 7.33. The zero-order chi connectivity index (χ0) is 22.5. The summed E-state index contributed by atoms with van der Waals surface area (Å²) in [5.74, 6) is 0.703. The highest BCUT2D eigenvalue weighted by Crippen LogP contribution is 2.37. The predicted molar refractivity (Wildman–Crippen MR) is 128 cm³/mol. The SMILES string of the molecule is COc1ccc([C@H](O)[C@@H](O)CO[Si](c2ccccc2)(c2ccccc2)C(C)(C)C)cc1. The van der Waals surface area contributed by atoms with Gasteiger partial charge in [0.15, 0.2) is 0 Å². The first-order chi connectivity index (χ1) is 14.8. The van der Waals surface area contributed by atoms with E-state index in [0.717, 1.165) is 10.4 Å². The van der Waals surface area contributed by atoms with Gasteiger partial charge >= 0.3 is 0 Å². The number of ether oxygens (including phenoxy) is 1. The molecule has 0 aromatic heterocycles. The van der Waals surface area contributed by atoms with E-state index in [-0.39, 0.29) is 11.6 Å². The molecule has 0 aliphatic heterocycles. The molecule has 164 valence electrons. The number of benzene rings is 3. The second-order valence-corrected chi connectivity index (χ2v) is 13.1. The highest BCUT2D eigenvalue weighted by atomic mass is 28.4. The molecule has 3 aromatic carbocycles. The fraction of sp³-hybridized carbons (Fsp3) is 0.308. The van der Waals surface area contributed by atoms with Gasteiger partial charge in [-0.15, -0.1) is 0 Å². The van der Waals surface area contributed by atoms with Crippen molar-refractivity contribution in [3.63, 3.8) is 0 Å². The molecule has 0 aliphatic carbocycles. The fourth-order valence-electron chi connectivity index (χ4n) is 4.09. The summed E-state index contributed by atoms with van der Waals surface area (Å²) < 4.78 is 11.9. The number of hydrogen-bond acceptors (Lipinski definition) is 4. The van der Waals surface area contributed by atoms with E-state index >= 15 is 0 Å². The van der Waals surface area contributed by atoms with Crippen molar-refractivity contribution < 1.29 is 19.4 Å². The van der Waals surface area contributed by atoms with E-state index in [2.05, 4.69) is 45.0 Å². The molecule has 3 rings (SSSR count). The minimum atomic E-state index is -2.76. The van der Waals surface area contributed by atoms with Crippen molar-refractivity contribution >= 4 is 18.7 Å². The summed E-state index contributed by atoms with van der Waals surface area (Å²) in [6.07, 6.45) is -2.11. The Morgan fingerprint density at radius 2 is 1.26 bits per heavy atom. The van der Waals surface area contributed by atoms with E-state index in [1.54, 1.807) is 31.4 Å². The molecule has 0 aliphatic rings. The molecule has 2 N–H and O–H groups in total. The molecule has 0 amide bonds. The maximum Gasteiger partial charge on any atom is 0.261 e. The molecule has 0 unspecified atom stereocenters. The average molecular weight is 437 g/mol. The number of aliphatic hydroxyl groups excluding tert-OH is 2. The second-order valence-electron chi connectivity index (χ2n) is 8.76. The fourth-order valence-corrected chi connectivity index (χ4v) is 8.66. The van der Waals surface area contributed by atoms with Crippen molar-refractivity contribution in [2.24, 2.45) is 0 Å². The van der Waals surface area contributed by atoms with Crippen LogP contribution in [0.1, 0.15) is 32.4 Å². The Bertz CT molecular complexity index is 897. The lowest BCUT2D eigenvalue weighted by molar-refractivity contribution is -0.0112. The molecule has 0 saturated heterocycles. The van der Waals surface area contributed by atoms with Crippen molar-refractivity contribution in [2.75, 3.05) is 13.7 Å². The third-order valence-corrected chi connectivity index (χ3v) is 10.7. The molecular formula is C26H32O4Si. The van der Waals surface area contributed by atoms with E-state index in [4.69, 9.17) is 9.16 Å². The van der Waals surface area contributed by atoms with Crippen LogP contribution in [0.3, 0.4) is 0 Å². The molecule has 0 heterocycles. The Morgan fingerprint density at radius 1 is 0.774 bits per heavy atom. The van der Waals surface area contributed by atoms with Gasteiger partial charge in [-0.05, 0) is 33.1 Å². The van der Waals surface area contributed by atoms with E-state index in [9.17, 15) is 10.2 Å². The molecule has 3 aromatic rings. The standard InChI is InChI=1S/C26H32O4Si/c1-26(2,3)31(22-11-7-5-8-12-22,23-13-9-6-10-14-23)30-19-24(27)25(28)20-15-17-21(29-4)18-16-20/h5-18,24-25,27-28H,19H2,1-4H3/t24-,25-/m0/s1. The summed E-state index contributed by atoms with van der Waals surface area (Å²) in [5, 5.41) is 23.7. The maximum atomic E-state index is 10.8. The van der Waals surface area contributed by atoms with Gasteiger partial charge < -0.3 is 19.4 Å². The van der Waals surface area contributed by atoms with Crippen LogP contribution >= 0.6 is 0 Å². The molecule has 31 heavy (non-hydrogen) atoms. The van der Waals surface area contributed by atoms with Crippen LogP contribution in [0, 0.1) is 0 Å². The van der Waals surface area contributed by atoms with Crippen molar-refractivity contribution in [2.45, 2.75) is 38.0 Å². The molecule has 4 nitrogen and oxygen atoms in total. The maximum absolute atomic E-state index is 10.8. The molecule has 0 saturated carbocycles. The summed E-state index contributed by atoms with van der Waals surface area (Å²) in [7, 11) is -1.17. The van der Waals surface area contributed by atoms with Crippen molar-refractivity contribution in [3.8, 4) is 5.75 Å². The van der Waals surface area contributed by atoms with Crippen LogP contribution in [-0.2, 0) is 4.43 Å². The van der Waals surface area contributed by atoms with Gasteiger partial charge in [0.2, 0.25) is 0 Å². The van der Waals surface area contributed by atoms with Crippen LogP contribution in [0.25, 0.3) is 0 Å². The summed E-state index contributed by atoms with van der Waals surface area (Å²) in [5.41, 5.74) is 0.624. The molecule has 0 bridgehead atoms. The lowest BCUT2D eigenvalue weighted by atomic mass is 10.1. The zero-order valence-corrected chi connectivity index (χ0v) is 19.7. The number of hydrogen-bond donors (Lipinski definition) is 2. The summed E-state index contributed by atoms with van der Waals surface area (Å²) >= 11 is 0. The second kappa shape index (κ2) is 9.79. The van der Waals surface area contributed by atoms with Gasteiger partial charge in [0.25, 0.3) is 8.32 Å². The molecular weight excluding hydrogens is 404 g/mol. The summed E-state index contributed by atoms with van der Waals surface area (Å²) in [6.45, 7) is 6.59. The third kappa shape index (κ3) is 4.91. The van der Waals surface area contributed by atoms with Crippen LogP contribution in [0.2, 0.25) is 5.04 Å². The van der Waals surface area contributed by atoms with Gasteiger partial charge in [-0.25, -0.2) is 0 Å². The summed E-state index contributed by atoms with van der Waals surface area (Å²) in [4.78, 5) is 0. The third-order valence-electron chi connectivity index (χ3n) is 5.71. The van der Waals surface area contributed by atoms with Gasteiger partial charge in [-0.2, -0.15) is 0 Å². The van der Waals surface area contributed by atoms with Gasteiger partial charge in [-0.3, -0.25) is 0 Å². The normalized spacial score (nSPS) is 14.1. The number of rotatable bonds is 8. The van der Waals surface area contributed by atoms with Crippen LogP contribution in [-0.4, -0.2) is 38.4 Å². The zero-order valence-electron chi connectivity index (χ0n) is 18.7. The van der Waals surface area contributed by atoms with Crippen molar-refractivity contribution in [3.05, 3.63) is 90.5 Å². The highest BCUT2D eigenvalue weighted by molar-refractivity contribution is 6.99. The number of methoxy groups -OCH3 is 1. The van der Waals surface area contributed by atoms with E-state index in [1.807, 2.05) is 36.4 Å². The van der Waals surface area contributed by atoms with Gasteiger partial charge in [0.05, 0.1) is 13.7 Å². The monoisotopic (exact) mass is 436 g/mol. The molecule has 0 fully saturated rings. The highest BCUT2D eigenvalue weighted by Gasteiger charge is 2.50. The van der Waals surface area contributed by atoms with Crippen LogP contribution in [0.4, 0.5) is 0 Å². The van der Waals surface area contributed by atoms with E-state index < -0.39 is 20.5 Å². The first-order valence-electron chi connectivity index (χ1n) is 10.5. The van der Waals surface area contributed by atoms with E-state index in [1.165, 1.54) is 0 Å². The Morgan fingerprint density at radius 3 is 1.68 bits per heavy atom. The Balaban J connectivity index is 1.93. The lowest BCUT2D eigenvalue weighted by Crippen LogP contribution is -2.67. The first kappa shape index (κ1) is 23.2. The smallest absolute Gasteiger partial charge is 0.261 e. The van der Waals surface area contributed by atoms with Crippen LogP contribution < -0.4 is 15.1 Å². The Labute approximate surface area is 186 Å². The average Bonchev–Trinajstić information content (AvgIpc) is 2.79. The largest absolute Gasteiger partial charge is 0.497 e. The molecule has 2 atom stereocenters.